The van der Waals surface area contributed by atoms with Crippen LogP contribution in [0.3, 0.4) is 0 Å². The van der Waals surface area contributed by atoms with E-state index in [9.17, 15) is 9.90 Å². The van der Waals surface area contributed by atoms with Gasteiger partial charge in [-0.2, -0.15) is 0 Å². The largest absolute Gasteiger partial charge is 0.469 e. The van der Waals surface area contributed by atoms with Crippen molar-refractivity contribution in [2.24, 2.45) is 49.7 Å². The number of ether oxygens (including phenoxy) is 1. The van der Waals surface area contributed by atoms with E-state index >= 15 is 0 Å². The van der Waals surface area contributed by atoms with Crippen LogP contribution in [0.4, 0.5) is 0 Å². The molecule has 0 aromatic heterocycles. The number of aliphatic hydroxyl groups excluding tert-OH is 1. The number of fused-ring (bicyclic) bond motifs is 7. The van der Waals surface area contributed by atoms with Crippen molar-refractivity contribution in [3.63, 3.8) is 0 Å². The molecule has 5 aliphatic rings. The Balaban J connectivity index is 1.67. The van der Waals surface area contributed by atoms with Crippen molar-refractivity contribution < 1.29 is 14.6 Å². The number of aliphatic hydroxyl groups is 1. The van der Waals surface area contributed by atoms with E-state index in [0.29, 0.717) is 11.8 Å². The molecule has 5 aliphatic carbocycles. The smallest absolute Gasteiger partial charge is 0.313 e. The van der Waals surface area contributed by atoms with Crippen LogP contribution in [0.15, 0.2) is 24.3 Å². The summed E-state index contributed by atoms with van der Waals surface area (Å²) in [6, 6.07) is 0. The molecule has 1 N–H and O–H groups in total. The minimum absolute atomic E-state index is 0.0215. The van der Waals surface area contributed by atoms with Gasteiger partial charge in [-0.15, -0.1) is 6.58 Å². The number of esters is 1. The van der Waals surface area contributed by atoms with Gasteiger partial charge in [-0.25, -0.2) is 0 Å². The molecule has 202 valence electrons. The standard InChI is InChI=1S/C33H52O3/c1-10-32-21-27(2,3)17-19-33(32,26(35)36-9)20-18-31(8)24(32)12-11-23-29(6)15-14-25(34)28(4,5)22(29)13-16-30(23,31)7/h10,12,22-23,25,34H,1,11,13-21H2,2-9H3/t22?,23?,25-,29-,30+,31+,32-,33+/m0/s1. The maximum absolute atomic E-state index is 13.7. The second-order valence-corrected chi connectivity index (χ2v) is 15.7. The number of carbonyl (C=O) groups excluding carboxylic acids is 1. The predicted octanol–water partition coefficient (Wildman–Crippen LogP) is 7.88. The molecule has 0 aromatic rings. The first kappa shape index (κ1) is 26.5. The van der Waals surface area contributed by atoms with Crippen LogP contribution in [0.5, 0.6) is 0 Å². The number of allylic oxidation sites excluding steroid dienone is 3. The highest BCUT2D eigenvalue weighted by atomic mass is 16.5. The second-order valence-electron chi connectivity index (χ2n) is 15.7. The summed E-state index contributed by atoms with van der Waals surface area (Å²) in [5, 5.41) is 11.0. The lowest BCUT2D eigenvalue weighted by Gasteiger charge is -2.73. The van der Waals surface area contributed by atoms with E-state index < -0.39 is 5.41 Å². The van der Waals surface area contributed by atoms with Crippen molar-refractivity contribution in [2.75, 3.05) is 7.11 Å². The molecule has 4 saturated carbocycles. The molecular weight excluding hydrogens is 444 g/mol. The van der Waals surface area contributed by atoms with E-state index in [2.05, 4.69) is 67.2 Å². The lowest BCUT2D eigenvalue weighted by molar-refractivity contribution is -0.211. The molecule has 0 aromatic carbocycles. The molecule has 4 fully saturated rings. The second kappa shape index (κ2) is 7.73. The summed E-state index contributed by atoms with van der Waals surface area (Å²) >= 11 is 0. The number of hydrogen-bond acceptors (Lipinski definition) is 3. The molecule has 0 heterocycles. The lowest BCUT2D eigenvalue weighted by atomic mass is 9.31. The van der Waals surface area contributed by atoms with Gasteiger partial charge in [0.25, 0.3) is 0 Å². The first-order valence-electron chi connectivity index (χ1n) is 14.7. The van der Waals surface area contributed by atoms with Crippen LogP contribution in [0, 0.1) is 49.7 Å². The highest BCUT2D eigenvalue weighted by molar-refractivity contribution is 5.80. The first-order chi connectivity index (χ1) is 16.6. The van der Waals surface area contributed by atoms with E-state index in [0.717, 1.165) is 51.4 Å². The van der Waals surface area contributed by atoms with E-state index in [-0.39, 0.29) is 44.6 Å². The van der Waals surface area contributed by atoms with Gasteiger partial charge in [0.05, 0.1) is 18.6 Å². The Bertz CT molecular complexity index is 991. The summed E-state index contributed by atoms with van der Waals surface area (Å²) < 4.78 is 5.57. The van der Waals surface area contributed by atoms with Crippen molar-refractivity contribution >= 4 is 5.97 Å². The Morgan fingerprint density at radius 3 is 2.28 bits per heavy atom. The molecule has 2 unspecified atom stereocenters. The molecule has 0 radical (unpaired) electrons. The van der Waals surface area contributed by atoms with Crippen molar-refractivity contribution in [3.05, 3.63) is 24.3 Å². The van der Waals surface area contributed by atoms with E-state index in [1.54, 1.807) is 7.11 Å². The molecule has 5 rings (SSSR count). The average molecular weight is 497 g/mol. The monoisotopic (exact) mass is 496 g/mol. The molecule has 0 aliphatic heterocycles. The third-order valence-electron chi connectivity index (χ3n) is 13.7. The zero-order chi connectivity index (χ0) is 26.6. The van der Waals surface area contributed by atoms with Crippen LogP contribution >= 0.6 is 0 Å². The third-order valence-corrected chi connectivity index (χ3v) is 13.7. The zero-order valence-corrected chi connectivity index (χ0v) is 24.4. The Labute approximate surface area is 220 Å². The molecule has 0 saturated heterocycles. The molecule has 8 atom stereocenters. The highest BCUT2D eigenvalue weighted by Gasteiger charge is 2.72. The fourth-order valence-electron chi connectivity index (χ4n) is 11.5. The minimum atomic E-state index is -0.494. The molecule has 0 amide bonds. The summed E-state index contributed by atoms with van der Waals surface area (Å²) in [6.45, 7) is 21.6. The van der Waals surface area contributed by atoms with Gasteiger partial charge in [0.1, 0.15) is 0 Å². The number of rotatable bonds is 2. The quantitative estimate of drug-likeness (QED) is 0.312. The van der Waals surface area contributed by atoms with E-state index in [1.165, 1.54) is 18.4 Å². The summed E-state index contributed by atoms with van der Waals surface area (Å²) in [6.07, 6.45) is 14.9. The molecule has 0 spiro atoms. The fraction of sp³-hybridized carbons (Fsp3) is 0.848. The van der Waals surface area contributed by atoms with Gasteiger partial charge >= 0.3 is 5.97 Å². The van der Waals surface area contributed by atoms with Crippen molar-refractivity contribution in [3.8, 4) is 0 Å². The van der Waals surface area contributed by atoms with Gasteiger partial charge in [-0.1, -0.05) is 66.2 Å². The van der Waals surface area contributed by atoms with Crippen molar-refractivity contribution in [1.29, 1.82) is 0 Å². The Morgan fingerprint density at radius 1 is 0.972 bits per heavy atom. The van der Waals surface area contributed by atoms with Crippen LogP contribution in [-0.2, 0) is 9.53 Å². The predicted molar refractivity (Wildman–Crippen MR) is 146 cm³/mol. The van der Waals surface area contributed by atoms with Crippen LogP contribution in [0.25, 0.3) is 0 Å². The van der Waals surface area contributed by atoms with Gasteiger partial charge in [0.15, 0.2) is 0 Å². The van der Waals surface area contributed by atoms with Gasteiger partial charge in [-0.05, 0) is 103 Å². The van der Waals surface area contributed by atoms with Crippen LogP contribution in [0.2, 0.25) is 0 Å². The average Bonchev–Trinajstić information content (AvgIpc) is 2.81. The molecule has 36 heavy (non-hydrogen) atoms. The fourth-order valence-corrected chi connectivity index (χ4v) is 11.5. The molecule has 3 nitrogen and oxygen atoms in total. The van der Waals surface area contributed by atoms with Crippen molar-refractivity contribution in [1.82, 2.24) is 0 Å². The van der Waals surface area contributed by atoms with Gasteiger partial charge < -0.3 is 9.84 Å². The highest BCUT2D eigenvalue weighted by Crippen LogP contribution is 2.78. The van der Waals surface area contributed by atoms with Gasteiger partial charge in [-0.3, -0.25) is 4.79 Å². The topological polar surface area (TPSA) is 46.5 Å². The number of carbonyl (C=O) groups is 1. The normalized spacial score (nSPS) is 50.9. The Morgan fingerprint density at radius 2 is 1.64 bits per heavy atom. The van der Waals surface area contributed by atoms with Crippen molar-refractivity contribution in [2.45, 2.75) is 119 Å². The van der Waals surface area contributed by atoms with Crippen LogP contribution < -0.4 is 0 Å². The lowest BCUT2D eigenvalue weighted by Crippen LogP contribution is -2.67. The van der Waals surface area contributed by atoms with E-state index in [1.807, 2.05) is 0 Å². The Kier molecular flexibility index (Phi) is 5.70. The van der Waals surface area contributed by atoms with Gasteiger partial charge in [0.2, 0.25) is 0 Å². The maximum Gasteiger partial charge on any atom is 0.313 e. The summed E-state index contributed by atoms with van der Waals surface area (Å²) in [5.74, 6) is 1.12. The molecule has 0 bridgehead atoms. The number of hydrogen-bond donors (Lipinski definition) is 1. The maximum atomic E-state index is 13.7. The first-order valence-corrected chi connectivity index (χ1v) is 14.7. The summed E-state index contributed by atoms with van der Waals surface area (Å²) in [4.78, 5) is 13.7. The summed E-state index contributed by atoms with van der Waals surface area (Å²) in [5.41, 5.74) is 1.21. The molecular formula is C33H52O3. The third kappa shape index (κ3) is 2.93. The van der Waals surface area contributed by atoms with E-state index in [4.69, 9.17) is 4.74 Å². The van der Waals surface area contributed by atoms with Crippen LogP contribution in [0.1, 0.15) is 113 Å². The minimum Gasteiger partial charge on any atom is -0.469 e. The SMILES string of the molecule is C=C[C@@]12CC(C)(C)CC[C@]1(C(=O)OC)CC[C@]1(C)C2=CCC2[C@@]3(C)CC[C@H](O)C(C)(C)C3CC[C@]21C. The summed E-state index contributed by atoms with van der Waals surface area (Å²) in [7, 11) is 1.58. The van der Waals surface area contributed by atoms with Crippen LogP contribution in [-0.4, -0.2) is 24.3 Å². The number of methoxy groups -OCH3 is 1. The zero-order valence-electron chi connectivity index (χ0n) is 24.4. The Hall–Kier alpha value is -1.09. The molecule has 3 heteroatoms. The van der Waals surface area contributed by atoms with Gasteiger partial charge in [0, 0.05) is 5.41 Å².